The Kier molecular flexibility index (Phi) is 6.05. The van der Waals surface area contributed by atoms with Gasteiger partial charge in [-0.05, 0) is 38.3 Å². The Bertz CT molecular complexity index is 553. The predicted octanol–water partition coefficient (Wildman–Crippen LogP) is 3.31. The fraction of sp³-hybridized carbons (Fsp3) is 0.562. The van der Waals surface area contributed by atoms with Crippen molar-refractivity contribution in [3.63, 3.8) is 0 Å². The summed E-state index contributed by atoms with van der Waals surface area (Å²) in [6, 6.07) is 5.25. The molecule has 0 saturated heterocycles. The van der Waals surface area contributed by atoms with Gasteiger partial charge in [0.15, 0.2) is 0 Å². The summed E-state index contributed by atoms with van der Waals surface area (Å²) in [6.07, 6.45) is 0.495. The fourth-order valence-electron chi connectivity index (χ4n) is 2.09. The highest BCUT2D eigenvalue weighted by Crippen LogP contribution is 2.27. The second-order valence-electron chi connectivity index (χ2n) is 6.42. The van der Waals surface area contributed by atoms with Gasteiger partial charge in [0.25, 0.3) is 5.69 Å². The van der Waals surface area contributed by atoms with Gasteiger partial charge in [-0.3, -0.25) is 14.9 Å². The number of aliphatic carboxylic acids is 1. The van der Waals surface area contributed by atoms with Crippen molar-refractivity contribution >= 4 is 11.7 Å². The molecule has 0 bridgehead atoms. The third-order valence-electron chi connectivity index (χ3n) is 3.75. The predicted molar refractivity (Wildman–Crippen MR) is 84.9 cm³/mol. The molecule has 22 heavy (non-hydrogen) atoms. The number of nitro groups is 1. The molecule has 0 amide bonds. The number of rotatable bonds is 8. The normalized spacial score (nSPS) is 11.7. The highest BCUT2D eigenvalue weighted by Gasteiger charge is 2.26. The highest BCUT2D eigenvalue weighted by atomic mass is 16.6. The Hall–Kier alpha value is -1.95. The number of carbonyl (C=O) groups is 1. The van der Waals surface area contributed by atoms with Crippen LogP contribution in [-0.4, -0.2) is 22.5 Å². The summed E-state index contributed by atoms with van der Waals surface area (Å²) in [5.74, 6) is -0.731. The lowest BCUT2D eigenvalue weighted by Gasteiger charge is -2.19. The maximum Gasteiger partial charge on any atom is 0.309 e. The summed E-state index contributed by atoms with van der Waals surface area (Å²) in [6.45, 7) is 8.23. The van der Waals surface area contributed by atoms with Crippen molar-refractivity contribution < 1.29 is 14.8 Å². The number of nitro benzene ring substituents is 1. The molecule has 1 rings (SSSR count). The van der Waals surface area contributed by atoms with Crippen LogP contribution in [0.2, 0.25) is 0 Å². The molecule has 0 fully saturated rings. The first-order valence-electron chi connectivity index (χ1n) is 7.36. The van der Waals surface area contributed by atoms with Crippen LogP contribution in [0.1, 0.15) is 51.2 Å². The molecule has 2 N–H and O–H groups in total. The van der Waals surface area contributed by atoms with E-state index in [2.05, 4.69) is 5.32 Å². The number of carboxylic acid groups (broad SMARTS) is 1. The van der Waals surface area contributed by atoms with Gasteiger partial charge in [0.1, 0.15) is 0 Å². The van der Waals surface area contributed by atoms with Gasteiger partial charge < -0.3 is 10.4 Å². The van der Waals surface area contributed by atoms with Crippen LogP contribution in [0, 0.1) is 15.5 Å². The van der Waals surface area contributed by atoms with Crippen LogP contribution >= 0.6 is 0 Å². The smallest absolute Gasteiger partial charge is 0.309 e. The third kappa shape index (κ3) is 4.80. The summed E-state index contributed by atoms with van der Waals surface area (Å²) < 4.78 is 0. The Morgan fingerprint density at radius 1 is 1.41 bits per heavy atom. The van der Waals surface area contributed by atoms with E-state index < -0.39 is 11.4 Å². The van der Waals surface area contributed by atoms with Crippen LogP contribution in [0.25, 0.3) is 0 Å². The molecule has 0 radical (unpaired) electrons. The Morgan fingerprint density at radius 3 is 2.55 bits per heavy atom. The van der Waals surface area contributed by atoms with Gasteiger partial charge in [-0.1, -0.05) is 26.0 Å². The van der Waals surface area contributed by atoms with Gasteiger partial charge in [0.05, 0.1) is 10.3 Å². The van der Waals surface area contributed by atoms with E-state index in [4.69, 9.17) is 5.11 Å². The van der Waals surface area contributed by atoms with E-state index in [0.717, 1.165) is 11.1 Å². The zero-order valence-corrected chi connectivity index (χ0v) is 13.5. The molecule has 0 heterocycles. The SMILES string of the molecule is CC(C)c1ccc(CNCCC(C)(C)C(=O)O)cc1[N+](=O)[O-]. The first-order chi connectivity index (χ1) is 10.1. The quantitative estimate of drug-likeness (QED) is 0.436. The molecule has 0 aliphatic rings. The van der Waals surface area contributed by atoms with Gasteiger partial charge in [-0.25, -0.2) is 0 Å². The number of hydrogen-bond acceptors (Lipinski definition) is 4. The van der Waals surface area contributed by atoms with Gasteiger partial charge in [0, 0.05) is 18.2 Å². The lowest BCUT2D eigenvalue weighted by atomic mass is 9.90. The average Bonchev–Trinajstić information content (AvgIpc) is 2.43. The van der Waals surface area contributed by atoms with Crippen molar-refractivity contribution in [1.82, 2.24) is 5.32 Å². The standard InChI is InChI=1S/C16H24N2O4/c1-11(2)13-6-5-12(9-14(13)18(21)22)10-17-8-7-16(3,4)15(19)20/h5-6,9,11,17H,7-8,10H2,1-4H3,(H,19,20). The van der Waals surface area contributed by atoms with Crippen LogP contribution in [0.15, 0.2) is 18.2 Å². The van der Waals surface area contributed by atoms with Crippen molar-refractivity contribution in [3.05, 3.63) is 39.4 Å². The topological polar surface area (TPSA) is 92.5 Å². The molecular formula is C16H24N2O4. The number of hydrogen-bond donors (Lipinski definition) is 2. The molecule has 122 valence electrons. The number of carboxylic acids is 1. The number of nitrogens with zero attached hydrogens (tertiary/aromatic N) is 1. The average molecular weight is 308 g/mol. The second kappa shape index (κ2) is 7.35. The summed E-state index contributed by atoms with van der Waals surface area (Å²) in [4.78, 5) is 21.8. The number of benzene rings is 1. The van der Waals surface area contributed by atoms with Gasteiger partial charge >= 0.3 is 5.97 Å². The summed E-state index contributed by atoms with van der Waals surface area (Å²) in [5, 5.41) is 23.3. The maximum absolute atomic E-state index is 11.1. The molecule has 0 spiro atoms. The van der Waals surface area contributed by atoms with E-state index in [1.807, 2.05) is 19.9 Å². The Balaban J connectivity index is 2.66. The minimum absolute atomic E-state index is 0.0961. The highest BCUT2D eigenvalue weighted by molar-refractivity contribution is 5.73. The first-order valence-corrected chi connectivity index (χ1v) is 7.36. The maximum atomic E-state index is 11.1. The van der Waals surface area contributed by atoms with Crippen molar-refractivity contribution in [2.24, 2.45) is 5.41 Å². The lowest BCUT2D eigenvalue weighted by Crippen LogP contribution is -2.28. The second-order valence-corrected chi connectivity index (χ2v) is 6.42. The van der Waals surface area contributed by atoms with E-state index >= 15 is 0 Å². The van der Waals surface area contributed by atoms with E-state index in [0.29, 0.717) is 19.5 Å². The minimum Gasteiger partial charge on any atom is -0.481 e. The van der Waals surface area contributed by atoms with Gasteiger partial charge in [-0.2, -0.15) is 0 Å². The largest absolute Gasteiger partial charge is 0.481 e. The molecule has 0 saturated carbocycles. The third-order valence-corrected chi connectivity index (χ3v) is 3.75. The molecule has 1 aromatic carbocycles. The minimum atomic E-state index is -0.828. The van der Waals surface area contributed by atoms with Crippen molar-refractivity contribution in [1.29, 1.82) is 0 Å². The zero-order chi connectivity index (χ0) is 16.9. The van der Waals surface area contributed by atoms with E-state index in [1.165, 1.54) is 0 Å². The van der Waals surface area contributed by atoms with Crippen LogP contribution < -0.4 is 5.32 Å². The van der Waals surface area contributed by atoms with E-state index in [1.54, 1.807) is 26.0 Å². The molecule has 0 aromatic heterocycles. The van der Waals surface area contributed by atoms with Crippen LogP contribution in [0.3, 0.4) is 0 Å². The van der Waals surface area contributed by atoms with Crippen molar-refractivity contribution in [2.75, 3.05) is 6.54 Å². The lowest BCUT2D eigenvalue weighted by molar-refractivity contribution is -0.385. The van der Waals surface area contributed by atoms with E-state index in [-0.39, 0.29) is 16.5 Å². The summed E-state index contributed by atoms with van der Waals surface area (Å²) >= 11 is 0. The Morgan fingerprint density at radius 2 is 2.05 bits per heavy atom. The molecule has 1 aromatic rings. The molecule has 0 aliphatic heterocycles. The van der Waals surface area contributed by atoms with Crippen molar-refractivity contribution in [3.8, 4) is 0 Å². The van der Waals surface area contributed by atoms with E-state index in [9.17, 15) is 14.9 Å². The molecule has 6 heteroatoms. The molecule has 6 nitrogen and oxygen atoms in total. The number of nitrogens with one attached hydrogen (secondary N) is 1. The van der Waals surface area contributed by atoms with Gasteiger partial charge in [0.2, 0.25) is 0 Å². The van der Waals surface area contributed by atoms with Crippen LogP contribution in [0.4, 0.5) is 5.69 Å². The van der Waals surface area contributed by atoms with Crippen molar-refractivity contribution in [2.45, 2.75) is 46.6 Å². The monoisotopic (exact) mass is 308 g/mol. The van der Waals surface area contributed by atoms with Crippen LogP contribution in [0.5, 0.6) is 0 Å². The Labute approximate surface area is 130 Å². The van der Waals surface area contributed by atoms with Crippen LogP contribution in [-0.2, 0) is 11.3 Å². The fourth-order valence-corrected chi connectivity index (χ4v) is 2.09. The molecule has 0 aliphatic carbocycles. The summed E-state index contributed by atoms with van der Waals surface area (Å²) in [5.41, 5.74) is 0.908. The molecule has 0 unspecified atom stereocenters. The molecule has 0 atom stereocenters. The van der Waals surface area contributed by atoms with Gasteiger partial charge in [-0.15, -0.1) is 0 Å². The molecular weight excluding hydrogens is 284 g/mol. The first kappa shape index (κ1) is 18.1. The zero-order valence-electron chi connectivity index (χ0n) is 13.5. The summed E-state index contributed by atoms with van der Waals surface area (Å²) in [7, 11) is 0.